The molecule has 4 rings (SSSR count). The fraction of sp³-hybridized carbons (Fsp3) is 0.241. The number of alkyl halides is 3. The predicted octanol–water partition coefficient (Wildman–Crippen LogP) is 5.77. The van der Waals surface area contributed by atoms with Gasteiger partial charge in [0.15, 0.2) is 6.10 Å². The molecule has 12 heteroatoms. The third kappa shape index (κ3) is 8.43. The standard InChI is InChI=1S/C29H24Cl3NO8/c30-29(31,32)28(33)40-23-16-21(39-26(35)19-12-6-2-7-13-19)24(41-27(36)20-14-8-3-9-15-20)22(38-23)17-37-25(34)18-10-4-1-5-11-18/h1-15,21-24,33H,16-17H2/t21-,22-,23?,24+/m1/s1. The van der Waals surface area contributed by atoms with Gasteiger partial charge in [-0.2, -0.15) is 0 Å². The molecule has 0 amide bonds. The number of carbonyl (C=O) groups excluding carboxylic acids is 3. The van der Waals surface area contributed by atoms with Crippen LogP contribution in [0.25, 0.3) is 0 Å². The SMILES string of the molecule is N=C(OC1C[C@@H](OC(=O)c2ccccc2)[C@H](OC(=O)c2ccccc2)[C@@H](COC(=O)c2ccccc2)O1)C(Cl)(Cl)Cl. The van der Waals surface area contributed by atoms with E-state index >= 15 is 0 Å². The molecule has 0 radical (unpaired) electrons. The van der Waals surface area contributed by atoms with Crippen molar-refractivity contribution < 1.29 is 38.1 Å². The van der Waals surface area contributed by atoms with Crippen LogP contribution in [-0.2, 0) is 23.7 Å². The molecule has 0 aliphatic carbocycles. The van der Waals surface area contributed by atoms with Crippen LogP contribution in [0.4, 0.5) is 0 Å². The van der Waals surface area contributed by atoms with Crippen molar-refractivity contribution in [1.82, 2.24) is 0 Å². The molecular formula is C29H24Cl3NO8. The quantitative estimate of drug-likeness (QED) is 0.111. The van der Waals surface area contributed by atoms with Crippen LogP contribution in [0.2, 0.25) is 0 Å². The van der Waals surface area contributed by atoms with Gasteiger partial charge in [0, 0.05) is 0 Å². The zero-order valence-corrected chi connectivity index (χ0v) is 23.6. The van der Waals surface area contributed by atoms with E-state index in [1.54, 1.807) is 91.0 Å². The van der Waals surface area contributed by atoms with Crippen LogP contribution in [0.3, 0.4) is 0 Å². The van der Waals surface area contributed by atoms with E-state index < -0.39 is 58.8 Å². The first-order valence-corrected chi connectivity index (χ1v) is 13.5. The van der Waals surface area contributed by atoms with Gasteiger partial charge in [-0.3, -0.25) is 5.41 Å². The van der Waals surface area contributed by atoms with E-state index in [-0.39, 0.29) is 23.1 Å². The predicted molar refractivity (Wildman–Crippen MR) is 150 cm³/mol. The Morgan fingerprint density at radius 2 is 1.20 bits per heavy atom. The molecule has 3 aromatic carbocycles. The molecular weight excluding hydrogens is 597 g/mol. The molecule has 0 aromatic heterocycles. The molecule has 1 N–H and O–H groups in total. The molecule has 0 saturated carbocycles. The molecule has 1 heterocycles. The van der Waals surface area contributed by atoms with Gasteiger partial charge in [0.1, 0.15) is 18.8 Å². The number of nitrogens with one attached hydrogen (secondary N) is 1. The number of rotatable bonds is 8. The second-order valence-corrected chi connectivity index (χ2v) is 11.1. The maximum Gasteiger partial charge on any atom is 0.338 e. The highest BCUT2D eigenvalue weighted by Crippen LogP contribution is 2.33. The normalized spacial score (nSPS) is 20.4. The zero-order valence-electron chi connectivity index (χ0n) is 21.3. The van der Waals surface area contributed by atoms with Crippen LogP contribution in [0.5, 0.6) is 0 Å². The molecule has 3 aromatic rings. The number of carbonyl (C=O) groups is 3. The van der Waals surface area contributed by atoms with Crippen LogP contribution in [0.1, 0.15) is 37.5 Å². The first-order valence-electron chi connectivity index (χ1n) is 12.3. The Morgan fingerprint density at radius 1 is 0.732 bits per heavy atom. The van der Waals surface area contributed by atoms with Gasteiger partial charge < -0.3 is 23.7 Å². The monoisotopic (exact) mass is 619 g/mol. The van der Waals surface area contributed by atoms with E-state index in [1.807, 2.05) is 0 Å². The summed E-state index contributed by atoms with van der Waals surface area (Å²) in [5, 5.41) is 7.97. The number of benzene rings is 3. The summed E-state index contributed by atoms with van der Waals surface area (Å²) < 4.78 is 26.1. The van der Waals surface area contributed by atoms with Gasteiger partial charge in [0.25, 0.3) is 3.79 Å². The Balaban J connectivity index is 1.62. The Morgan fingerprint density at radius 3 is 1.68 bits per heavy atom. The molecule has 9 nitrogen and oxygen atoms in total. The first-order chi connectivity index (χ1) is 19.6. The van der Waals surface area contributed by atoms with E-state index in [0.717, 1.165) is 0 Å². The van der Waals surface area contributed by atoms with Crippen LogP contribution >= 0.6 is 34.8 Å². The van der Waals surface area contributed by atoms with Gasteiger partial charge in [-0.15, -0.1) is 0 Å². The number of halogens is 3. The molecule has 1 saturated heterocycles. The molecule has 1 unspecified atom stereocenters. The fourth-order valence-corrected chi connectivity index (χ4v) is 4.06. The van der Waals surface area contributed by atoms with Crippen LogP contribution < -0.4 is 0 Å². The lowest BCUT2D eigenvalue weighted by molar-refractivity contribution is -0.234. The third-order valence-corrected chi connectivity index (χ3v) is 6.41. The van der Waals surface area contributed by atoms with E-state index in [1.165, 1.54) is 0 Å². The summed E-state index contributed by atoms with van der Waals surface area (Å²) in [6.45, 7) is -0.430. The number of esters is 3. The Hall–Kier alpha value is -3.63. The molecule has 4 atom stereocenters. The molecule has 0 spiro atoms. The second-order valence-electron chi connectivity index (χ2n) is 8.79. The summed E-state index contributed by atoms with van der Waals surface area (Å²) in [6, 6.07) is 24.5. The average molecular weight is 621 g/mol. The van der Waals surface area contributed by atoms with Gasteiger partial charge in [0.2, 0.25) is 12.2 Å². The summed E-state index contributed by atoms with van der Waals surface area (Å²) in [5.74, 6) is -2.86. The van der Waals surface area contributed by atoms with Gasteiger partial charge in [-0.25, -0.2) is 14.4 Å². The lowest BCUT2D eigenvalue weighted by Gasteiger charge is -2.40. The van der Waals surface area contributed by atoms with Gasteiger partial charge in [0.05, 0.1) is 23.1 Å². The fourth-order valence-electron chi connectivity index (χ4n) is 3.93. The Labute approximate surface area is 250 Å². The molecule has 214 valence electrons. The summed E-state index contributed by atoms with van der Waals surface area (Å²) in [7, 11) is 0. The van der Waals surface area contributed by atoms with Crippen LogP contribution in [-0.4, -0.2) is 58.8 Å². The minimum atomic E-state index is -2.20. The van der Waals surface area contributed by atoms with Crippen molar-refractivity contribution in [2.24, 2.45) is 0 Å². The Bertz CT molecular complexity index is 1350. The van der Waals surface area contributed by atoms with E-state index in [4.69, 9.17) is 63.9 Å². The number of ether oxygens (including phenoxy) is 5. The summed E-state index contributed by atoms with van der Waals surface area (Å²) in [6.07, 6.45) is -5.12. The highest BCUT2D eigenvalue weighted by Gasteiger charge is 2.46. The smallest absolute Gasteiger partial charge is 0.338 e. The second kappa shape index (κ2) is 13.8. The third-order valence-electron chi connectivity index (χ3n) is 5.90. The topological polar surface area (TPSA) is 121 Å². The van der Waals surface area contributed by atoms with Crippen molar-refractivity contribution in [2.45, 2.75) is 34.8 Å². The minimum absolute atomic E-state index is 0.211. The van der Waals surface area contributed by atoms with Gasteiger partial charge >= 0.3 is 17.9 Å². The van der Waals surface area contributed by atoms with Crippen molar-refractivity contribution in [3.8, 4) is 0 Å². The largest absolute Gasteiger partial charge is 0.459 e. The lowest BCUT2D eigenvalue weighted by atomic mass is 10.0. The average Bonchev–Trinajstić information content (AvgIpc) is 2.98. The van der Waals surface area contributed by atoms with Crippen LogP contribution in [0.15, 0.2) is 91.0 Å². The van der Waals surface area contributed by atoms with Crippen molar-refractivity contribution in [3.63, 3.8) is 0 Å². The van der Waals surface area contributed by atoms with Crippen molar-refractivity contribution >= 4 is 58.6 Å². The number of hydrogen-bond donors (Lipinski definition) is 1. The summed E-state index contributed by atoms with van der Waals surface area (Å²) in [4.78, 5) is 38.8. The lowest BCUT2D eigenvalue weighted by Crippen LogP contribution is -2.55. The van der Waals surface area contributed by atoms with Gasteiger partial charge in [-0.1, -0.05) is 89.4 Å². The van der Waals surface area contributed by atoms with E-state index in [2.05, 4.69) is 0 Å². The van der Waals surface area contributed by atoms with E-state index in [9.17, 15) is 14.4 Å². The summed E-state index contributed by atoms with van der Waals surface area (Å²) in [5.41, 5.74) is 0.752. The molecule has 1 aliphatic heterocycles. The number of hydrogen-bond acceptors (Lipinski definition) is 9. The molecule has 1 aliphatic rings. The van der Waals surface area contributed by atoms with Crippen molar-refractivity contribution in [1.29, 1.82) is 5.41 Å². The van der Waals surface area contributed by atoms with Gasteiger partial charge in [-0.05, 0) is 36.4 Å². The maximum absolute atomic E-state index is 13.1. The van der Waals surface area contributed by atoms with Crippen LogP contribution in [0, 0.1) is 5.41 Å². The maximum atomic E-state index is 13.1. The van der Waals surface area contributed by atoms with Crippen molar-refractivity contribution in [2.75, 3.05) is 6.61 Å². The minimum Gasteiger partial charge on any atom is -0.459 e. The molecule has 41 heavy (non-hydrogen) atoms. The van der Waals surface area contributed by atoms with Crippen molar-refractivity contribution in [3.05, 3.63) is 108 Å². The van der Waals surface area contributed by atoms with E-state index in [0.29, 0.717) is 0 Å². The highest BCUT2D eigenvalue weighted by molar-refractivity contribution is 6.76. The molecule has 0 bridgehead atoms. The molecule has 1 fully saturated rings. The summed E-state index contributed by atoms with van der Waals surface area (Å²) >= 11 is 17.3. The Kier molecular flexibility index (Phi) is 10.2. The highest BCUT2D eigenvalue weighted by atomic mass is 35.6. The zero-order chi connectivity index (χ0) is 29.4. The first kappa shape index (κ1) is 30.3.